The van der Waals surface area contributed by atoms with Crippen LogP contribution in [0.3, 0.4) is 0 Å². The third-order valence-corrected chi connectivity index (χ3v) is 4.01. The molecule has 110 valence electrons. The summed E-state index contributed by atoms with van der Waals surface area (Å²) in [5.41, 5.74) is 2.17. The van der Waals surface area contributed by atoms with Gasteiger partial charge in [0.1, 0.15) is 10.6 Å². The van der Waals surface area contributed by atoms with Crippen LogP contribution in [0.15, 0.2) is 30.4 Å². The van der Waals surface area contributed by atoms with Gasteiger partial charge in [-0.1, -0.05) is 34.1 Å². The quantitative estimate of drug-likeness (QED) is 0.446. The van der Waals surface area contributed by atoms with Gasteiger partial charge < -0.3 is 9.47 Å². The summed E-state index contributed by atoms with van der Waals surface area (Å²) in [7, 11) is 1.64. The first-order valence-electron chi connectivity index (χ1n) is 6.63. The van der Waals surface area contributed by atoms with Gasteiger partial charge in [0.25, 0.3) is 0 Å². The Labute approximate surface area is 129 Å². The predicted octanol–water partition coefficient (Wildman–Crippen LogP) is 3.99. The Hall–Kier alpha value is -1.29. The van der Waals surface area contributed by atoms with Crippen LogP contribution >= 0.6 is 15.9 Å². The van der Waals surface area contributed by atoms with Crippen LogP contribution in [0.5, 0.6) is 5.75 Å². The van der Waals surface area contributed by atoms with Gasteiger partial charge in [-0.2, -0.15) is 0 Å². The van der Waals surface area contributed by atoms with Gasteiger partial charge in [-0.25, -0.2) is 0 Å². The topological polar surface area (TPSA) is 35.5 Å². The maximum absolute atomic E-state index is 11.9. The zero-order chi connectivity index (χ0) is 15.1. The highest BCUT2D eigenvalue weighted by Gasteiger charge is 2.27. The molecule has 20 heavy (non-hydrogen) atoms. The summed E-state index contributed by atoms with van der Waals surface area (Å²) in [6.45, 7) is 6.14. The Morgan fingerprint density at radius 3 is 2.65 bits per heavy atom. The molecule has 0 aliphatic heterocycles. The van der Waals surface area contributed by atoms with E-state index in [9.17, 15) is 4.79 Å². The minimum atomic E-state index is -0.397. The molecule has 1 aromatic carbocycles. The standard InChI is InChI=1S/C16H21BrO3/c1-5-7-14(15(17)16(18)20-6-2)13-9-8-12(19-4)10-11(13)3/h5,7-10,14-15H,6H2,1-4H3/b7-5+. The van der Waals surface area contributed by atoms with E-state index in [1.807, 2.05) is 44.2 Å². The first-order chi connectivity index (χ1) is 9.54. The molecule has 1 aromatic rings. The van der Waals surface area contributed by atoms with E-state index in [0.717, 1.165) is 16.9 Å². The Morgan fingerprint density at radius 2 is 2.15 bits per heavy atom. The fourth-order valence-electron chi connectivity index (χ4n) is 2.08. The van der Waals surface area contributed by atoms with E-state index in [1.54, 1.807) is 14.0 Å². The largest absolute Gasteiger partial charge is 0.497 e. The molecule has 0 aromatic heterocycles. The van der Waals surface area contributed by atoms with Crippen molar-refractivity contribution in [3.8, 4) is 5.75 Å². The van der Waals surface area contributed by atoms with Gasteiger partial charge in [0, 0.05) is 5.92 Å². The molecule has 0 saturated carbocycles. The summed E-state index contributed by atoms with van der Waals surface area (Å²) >= 11 is 3.46. The summed E-state index contributed by atoms with van der Waals surface area (Å²) < 4.78 is 10.3. The van der Waals surface area contributed by atoms with Crippen LogP contribution in [0.2, 0.25) is 0 Å². The average molecular weight is 341 g/mol. The van der Waals surface area contributed by atoms with Crippen molar-refractivity contribution < 1.29 is 14.3 Å². The van der Waals surface area contributed by atoms with Crippen LogP contribution in [-0.4, -0.2) is 24.5 Å². The SMILES string of the molecule is C/C=C/C(c1ccc(OC)cc1C)C(Br)C(=O)OCC. The molecular formula is C16H21BrO3. The van der Waals surface area contributed by atoms with Crippen LogP contribution in [0.4, 0.5) is 0 Å². The molecule has 3 nitrogen and oxygen atoms in total. The zero-order valence-corrected chi connectivity index (χ0v) is 13.9. The van der Waals surface area contributed by atoms with Crippen molar-refractivity contribution >= 4 is 21.9 Å². The fourth-order valence-corrected chi connectivity index (χ4v) is 2.68. The second-order valence-electron chi connectivity index (χ2n) is 4.43. The smallest absolute Gasteiger partial charge is 0.320 e. The minimum Gasteiger partial charge on any atom is -0.497 e. The van der Waals surface area contributed by atoms with Gasteiger partial charge in [-0.3, -0.25) is 4.79 Å². The van der Waals surface area contributed by atoms with Crippen molar-refractivity contribution in [1.29, 1.82) is 0 Å². The van der Waals surface area contributed by atoms with Crippen molar-refractivity contribution in [2.75, 3.05) is 13.7 Å². The first kappa shape index (κ1) is 16.8. The van der Waals surface area contributed by atoms with Crippen LogP contribution in [0.25, 0.3) is 0 Å². The Kier molecular flexibility index (Phi) is 6.79. The molecule has 2 unspecified atom stereocenters. The second-order valence-corrected chi connectivity index (χ2v) is 5.41. The zero-order valence-electron chi connectivity index (χ0n) is 12.4. The summed E-state index contributed by atoms with van der Waals surface area (Å²) in [5.74, 6) is 0.503. The maximum Gasteiger partial charge on any atom is 0.320 e. The number of esters is 1. The van der Waals surface area contributed by atoms with Crippen molar-refractivity contribution in [2.24, 2.45) is 0 Å². The van der Waals surface area contributed by atoms with Crippen LogP contribution in [-0.2, 0) is 9.53 Å². The molecule has 1 rings (SSSR count). The number of ether oxygens (including phenoxy) is 2. The number of carbonyl (C=O) groups is 1. The molecule has 2 atom stereocenters. The van der Waals surface area contributed by atoms with Gasteiger partial charge in [-0.15, -0.1) is 0 Å². The van der Waals surface area contributed by atoms with E-state index in [2.05, 4.69) is 15.9 Å². The molecule has 0 heterocycles. The molecular weight excluding hydrogens is 320 g/mol. The molecule has 0 spiro atoms. The maximum atomic E-state index is 11.9. The lowest BCUT2D eigenvalue weighted by Crippen LogP contribution is -2.24. The van der Waals surface area contributed by atoms with Crippen molar-refractivity contribution in [3.05, 3.63) is 41.5 Å². The normalized spacial score (nSPS) is 14.1. The highest BCUT2D eigenvalue weighted by molar-refractivity contribution is 9.10. The fraction of sp³-hybridized carbons (Fsp3) is 0.438. The molecule has 0 aliphatic rings. The summed E-state index contributed by atoms with van der Waals surface area (Å²) in [6, 6.07) is 5.87. The van der Waals surface area contributed by atoms with Gasteiger partial charge in [-0.05, 0) is 44.0 Å². The number of hydrogen-bond donors (Lipinski definition) is 0. The number of methoxy groups -OCH3 is 1. The monoisotopic (exact) mass is 340 g/mol. The molecule has 0 saturated heterocycles. The van der Waals surface area contributed by atoms with Crippen LogP contribution in [0, 0.1) is 6.92 Å². The number of halogens is 1. The molecule has 0 aliphatic carbocycles. The second kappa shape index (κ2) is 8.10. The lowest BCUT2D eigenvalue weighted by atomic mass is 9.91. The summed E-state index contributed by atoms with van der Waals surface area (Å²) in [4.78, 5) is 11.5. The van der Waals surface area contributed by atoms with Crippen molar-refractivity contribution in [3.63, 3.8) is 0 Å². The van der Waals surface area contributed by atoms with E-state index in [0.29, 0.717) is 6.61 Å². The van der Waals surface area contributed by atoms with Gasteiger partial charge in [0.2, 0.25) is 0 Å². The molecule has 4 heteroatoms. The minimum absolute atomic E-state index is 0.0649. The number of allylic oxidation sites excluding steroid dienone is 2. The van der Waals surface area contributed by atoms with E-state index in [4.69, 9.17) is 9.47 Å². The van der Waals surface area contributed by atoms with Gasteiger partial charge in [0.05, 0.1) is 13.7 Å². The average Bonchev–Trinajstić information content (AvgIpc) is 2.44. The van der Waals surface area contributed by atoms with E-state index < -0.39 is 4.83 Å². The Morgan fingerprint density at radius 1 is 1.45 bits per heavy atom. The highest BCUT2D eigenvalue weighted by Crippen LogP contribution is 2.31. The third kappa shape index (κ3) is 4.10. The number of alkyl halides is 1. The molecule has 0 bridgehead atoms. The van der Waals surface area contributed by atoms with Gasteiger partial charge in [0.15, 0.2) is 0 Å². The third-order valence-electron chi connectivity index (χ3n) is 3.06. The van der Waals surface area contributed by atoms with E-state index >= 15 is 0 Å². The van der Waals surface area contributed by atoms with E-state index in [-0.39, 0.29) is 11.9 Å². The molecule has 0 fully saturated rings. The highest BCUT2D eigenvalue weighted by atomic mass is 79.9. The number of carbonyl (C=O) groups excluding carboxylic acids is 1. The summed E-state index contributed by atoms with van der Waals surface area (Å²) in [6.07, 6.45) is 3.95. The van der Waals surface area contributed by atoms with Crippen molar-refractivity contribution in [1.82, 2.24) is 0 Å². The van der Waals surface area contributed by atoms with Crippen molar-refractivity contribution in [2.45, 2.75) is 31.5 Å². The van der Waals surface area contributed by atoms with Gasteiger partial charge >= 0.3 is 5.97 Å². The van der Waals surface area contributed by atoms with Crippen LogP contribution in [0.1, 0.15) is 30.9 Å². The Balaban J connectivity index is 3.10. The number of rotatable bonds is 6. The van der Waals surface area contributed by atoms with E-state index in [1.165, 1.54) is 0 Å². The Bertz CT molecular complexity index is 483. The lowest BCUT2D eigenvalue weighted by molar-refractivity contribution is -0.142. The van der Waals surface area contributed by atoms with Crippen LogP contribution < -0.4 is 4.74 Å². The molecule has 0 N–H and O–H groups in total. The first-order valence-corrected chi connectivity index (χ1v) is 7.54. The summed E-state index contributed by atoms with van der Waals surface area (Å²) in [5, 5.41) is 0. The number of hydrogen-bond acceptors (Lipinski definition) is 3. The predicted molar refractivity (Wildman–Crippen MR) is 84.6 cm³/mol. The molecule has 0 amide bonds. The lowest BCUT2D eigenvalue weighted by Gasteiger charge is -2.21. The molecule has 0 radical (unpaired) electrons. The number of benzene rings is 1. The number of aryl methyl sites for hydroxylation is 1.